The van der Waals surface area contributed by atoms with E-state index in [-0.39, 0.29) is 0 Å². The maximum atomic E-state index is 3.90. The molecule has 0 saturated heterocycles. The molecule has 0 spiro atoms. The Labute approximate surface area is 43.8 Å². The maximum absolute atomic E-state index is 3.90. The number of nitrogens with zero attached hydrogens (tertiary/aromatic N) is 2. The Kier molecular flexibility index (Phi) is 1.01. The van der Waals surface area contributed by atoms with Gasteiger partial charge >= 0.3 is 0 Å². The highest BCUT2D eigenvalue weighted by molar-refractivity contribution is 5.61. The fraction of sp³-hybridized carbons (Fsp3) is 0.800. The molecule has 1 aliphatic heterocycles. The molecule has 0 N–H and O–H groups in total. The minimum absolute atomic E-state index is 0.532. The average Bonchev–Trinajstić information content (AvgIpc) is 1.87. The minimum Gasteiger partial charge on any atom is -0.299 e. The second kappa shape index (κ2) is 1.52. The SMILES string of the molecule is CC1[C]=NN(C)C1. The third kappa shape index (κ3) is 0.918. The lowest BCUT2D eigenvalue weighted by Gasteiger charge is -2.03. The molecular formula is C5H9N2. The van der Waals surface area contributed by atoms with Crippen LogP contribution in [-0.4, -0.2) is 24.8 Å². The molecule has 0 bridgehead atoms. The Morgan fingerprint density at radius 3 is 2.71 bits per heavy atom. The Balaban J connectivity index is 2.42. The Bertz CT molecular complexity index is 78.1. The van der Waals surface area contributed by atoms with Crippen LogP contribution in [0.5, 0.6) is 0 Å². The lowest BCUT2D eigenvalue weighted by Crippen LogP contribution is -2.10. The van der Waals surface area contributed by atoms with Crippen molar-refractivity contribution in [3.8, 4) is 0 Å². The summed E-state index contributed by atoms with van der Waals surface area (Å²) in [5.41, 5.74) is 0. The smallest absolute Gasteiger partial charge is 0.0887 e. The molecule has 1 rings (SSSR count). The molecule has 0 aromatic heterocycles. The van der Waals surface area contributed by atoms with Gasteiger partial charge in [0.2, 0.25) is 0 Å². The average molecular weight is 97.1 g/mol. The molecule has 1 atom stereocenters. The number of hydrazone groups is 1. The molecule has 0 aromatic carbocycles. The molecule has 2 nitrogen and oxygen atoms in total. The van der Waals surface area contributed by atoms with Crippen molar-refractivity contribution < 1.29 is 0 Å². The van der Waals surface area contributed by atoms with E-state index in [1.807, 2.05) is 12.1 Å². The van der Waals surface area contributed by atoms with E-state index in [1.165, 1.54) is 0 Å². The summed E-state index contributed by atoms with van der Waals surface area (Å²) in [7, 11) is 1.95. The third-order valence-electron chi connectivity index (χ3n) is 0.987. The highest BCUT2D eigenvalue weighted by Crippen LogP contribution is 2.01. The summed E-state index contributed by atoms with van der Waals surface area (Å²) in [6, 6.07) is 0. The van der Waals surface area contributed by atoms with Crippen molar-refractivity contribution in [3.05, 3.63) is 0 Å². The van der Waals surface area contributed by atoms with E-state index in [0.29, 0.717) is 5.92 Å². The molecule has 7 heavy (non-hydrogen) atoms. The second-order valence-electron chi connectivity index (χ2n) is 1.97. The topological polar surface area (TPSA) is 15.6 Å². The monoisotopic (exact) mass is 97.1 g/mol. The van der Waals surface area contributed by atoms with Gasteiger partial charge in [-0.2, -0.15) is 5.10 Å². The van der Waals surface area contributed by atoms with Crippen LogP contribution < -0.4 is 0 Å². The van der Waals surface area contributed by atoms with Gasteiger partial charge in [0.15, 0.2) is 0 Å². The van der Waals surface area contributed by atoms with Gasteiger partial charge in [0.05, 0.1) is 6.21 Å². The Hall–Kier alpha value is -0.530. The summed E-state index contributed by atoms with van der Waals surface area (Å²) in [6.07, 6.45) is 2.92. The Morgan fingerprint density at radius 1 is 1.86 bits per heavy atom. The molecule has 0 amide bonds. The highest BCUT2D eigenvalue weighted by Gasteiger charge is 2.07. The number of hydrogen-bond donors (Lipinski definition) is 0. The summed E-state index contributed by atoms with van der Waals surface area (Å²) in [5.74, 6) is 0.532. The first-order valence-corrected chi connectivity index (χ1v) is 2.46. The van der Waals surface area contributed by atoms with Crippen LogP contribution in [0, 0.1) is 5.92 Å². The van der Waals surface area contributed by atoms with Gasteiger partial charge in [0, 0.05) is 19.5 Å². The van der Waals surface area contributed by atoms with Crippen molar-refractivity contribution in [2.75, 3.05) is 13.6 Å². The summed E-state index contributed by atoms with van der Waals surface area (Å²) in [5, 5.41) is 5.79. The van der Waals surface area contributed by atoms with Crippen molar-refractivity contribution in [1.29, 1.82) is 0 Å². The molecule has 1 unspecified atom stereocenters. The molecule has 39 valence electrons. The predicted molar refractivity (Wildman–Crippen MR) is 29.2 cm³/mol. The van der Waals surface area contributed by atoms with E-state index in [9.17, 15) is 0 Å². The van der Waals surface area contributed by atoms with Crippen molar-refractivity contribution in [3.63, 3.8) is 0 Å². The summed E-state index contributed by atoms with van der Waals surface area (Å²) >= 11 is 0. The van der Waals surface area contributed by atoms with Gasteiger partial charge < -0.3 is 0 Å². The van der Waals surface area contributed by atoms with Gasteiger partial charge in [-0.25, -0.2) is 0 Å². The lowest BCUT2D eigenvalue weighted by atomic mass is 10.2. The zero-order chi connectivity index (χ0) is 5.28. The van der Waals surface area contributed by atoms with Crippen LogP contribution in [0.2, 0.25) is 0 Å². The van der Waals surface area contributed by atoms with Gasteiger partial charge in [0.1, 0.15) is 0 Å². The second-order valence-corrected chi connectivity index (χ2v) is 1.97. The van der Waals surface area contributed by atoms with E-state index in [4.69, 9.17) is 0 Å². The molecule has 1 radical (unpaired) electrons. The van der Waals surface area contributed by atoms with Gasteiger partial charge in [0.25, 0.3) is 0 Å². The van der Waals surface area contributed by atoms with E-state index < -0.39 is 0 Å². The molecular weight excluding hydrogens is 88.1 g/mol. The highest BCUT2D eigenvalue weighted by atomic mass is 15.4. The van der Waals surface area contributed by atoms with Crippen molar-refractivity contribution >= 4 is 6.21 Å². The summed E-state index contributed by atoms with van der Waals surface area (Å²) < 4.78 is 0. The van der Waals surface area contributed by atoms with Crippen LogP contribution in [0.4, 0.5) is 0 Å². The molecule has 2 heteroatoms. The van der Waals surface area contributed by atoms with Crippen molar-refractivity contribution in [1.82, 2.24) is 5.01 Å². The van der Waals surface area contributed by atoms with Gasteiger partial charge in [-0.05, 0) is 0 Å². The largest absolute Gasteiger partial charge is 0.299 e. The van der Waals surface area contributed by atoms with Gasteiger partial charge in [-0.15, -0.1) is 0 Å². The van der Waals surface area contributed by atoms with E-state index in [2.05, 4.69) is 18.2 Å². The molecule has 0 saturated carbocycles. The molecule has 1 aliphatic rings. The first-order valence-electron chi connectivity index (χ1n) is 2.46. The fourth-order valence-corrected chi connectivity index (χ4v) is 0.675. The fourth-order valence-electron chi connectivity index (χ4n) is 0.675. The van der Waals surface area contributed by atoms with E-state index in [1.54, 1.807) is 0 Å². The molecule has 0 aromatic rings. The number of rotatable bonds is 0. The Morgan fingerprint density at radius 2 is 2.57 bits per heavy atom. The zero-order valence-electron chi connectivity index (χ0n) is 4.68. The molecule has 0 fully saturated rings. The third-order valence-corrected chi connectivity index (χ3v) is 0.987. The lowest BCUT2D eigenvalue weighted by molar-refractivity contribution is 0.368. The molecule has 0 aliphatic carbocycles. The first kappa shape index (κ1) is 4.62. The van der Waals surface area contributed by atoms with E-state index >= 15 is 0 Å². The summed E-state index contributed by atoms with van der Waals surface area (Å²) in [4.78, 5) is 0. The quantitative estimate of drug-likeness (QED) is 0.428. The predicted octanol–water partition coefficient (Wildman–Crippen LogP) is 0.431. The van der Waals surface area contributed by atoms with Crippen molar-refractivity contribution in [2.45, 2.75) is 6.92 Å². The summed E-state index contributed by atoms with van der Waals surface area (Å²) in [6.45, 7) is 3.13. The van der Waals surface area contributed by atoms with Crippen LogP contribution in [-0.2, 0) is 0 Å². The van der Waals surface area contributed by atoms with E-state index in [0.717, 1.165) is 6.54 Å². The van der Waals surface area contributed by atoms with Crippen LogP contribution >= 0.6 is 0 Å². The normalized spacial score (nSPS) is 29.4. The van der Waals surface area contributed by atoms with Crippen LogP contribution in [0.25, 0.3) is 0 Å². The van der Waals surface area contributed by atoms with Gasteiger partial charge in [-0.3, -0.25) is 5.01 Å². The maximum Gasteiger partial charge on any atom is 0.0887 e. The first-order chi connectivity index (χ1) is 3.29. The molecule has 1 heterocycles. The van der Waals surface area contributed by atoms with Crippen LogP contribution in [0.1, 0.15) is 6.92 Å². The van der Waals surface area contributed by atoms with Crippen LogP contribution in [0.15, 0.2) is 5.10 Å². The van der Waals surface area contributed by atoms with Gasteiger partial charge in [-0.1, -0.05) is 6.92 Å². The van der Waals surface area contributed by atoms with Crippen molar-refractivity contribution in [2.24, 2.45) is 11.0 Å². The number of hydrogen-bond acceptors (Lipinski definition) is 2. The van der Waals surface area contributed by atoms with Crippen LogP contribution in [0.3, 0.4) is 0 Å². The minimum atomic E-state index is 0.532. The standard InChI is InChI=1S/C5H9N2/c1-5-3-6-7(2)4-5/h5H,4H2,1-2H3. The zero-order valence-corrected chi connectivity index (χ0v) is 4.68.